The zero-order valence-electron chi connectivity index (χ0n) is 11.9. The Labute approximate surface area is 123 Å². The lowest BCUT2D eigenvalue weighted by Crippen LogP contribution is -2.09. The first-order valence-corrected chi connectivity index (χ1v) is 6.48. The van der Waals surface area contributed by atoms with Gasteiger partial charge < -0.3 is 10.1 Å². The van der Waals surface area contributed by atoms with Gasteiger partial charge in [-0.3, -0.25) is 4.79 Å². The Morgan fingerprint density at radius 3 is 2.57 bits per heavy atom. The number of carbonyl (C=O) groups excluding carboxylic acids is 1. The molecule has 0 atom stereocenters. The molecule has 0 unspecified atom stereocenters. The molecule has 0 aliphatic heterocycles. The highest BCUT2D eigenvalue weighted by atomic mass is 19.1. The second kappa shape index (κ2) is 6.70. The van der Waals surface area contributed by atoms with Crippen molar-refractivity contribution in [1.82, 2.24) is 0 Å². The normalized spacial score (nSPS) is 10.6. The largest absolute Gasteiger partial charge is 0.495 e. The van der Waals surface area contributed by atoms with Crippen molar-refractivity contribution in [1.29, 1.82) is 0 Å². The van der Waals surface area contributed by atoms with E-state index < -0.39 is 0 Å². The van der Waals surface area contributed by atoms with E-state index in [-0.39, 0.29) is 11.7 Å². The van der Waals surface area contributed by atoms with Crippen LogP contribution in [-0.4, -0.2) is 13.0 Å². The van der Waals surface area contributed by atoms with Crippen molar-refractivity contribution in [2.75, 3.05) is 12.4 Å². The Balaban J connectivity index is 2.08. The molecule has 0 saturated carbocycles. The van der Waals surface area contributed by atoms with Crippen molar-refractivity contribution in [2.24, 2.45) is 0 Å². The minimum absolute atomic E-state index is 0.275. The predicted molar refractivity (Wildman–Crippen MR) is 81.8 cm³/mol. The van der Waals surface area contributed by atoms with Crippen LogP contribution in [0, 0.1) is 12.7 Å². The van der Waals surface area contributed by atoms with Gasteiger partial charge in [-0.15, -0.1) is 0 Å². The van der Waals surface area contributed by atoms with E-state index in [4.69, 9.17) is 4.74 Å². The predicted octanol–water partition coefficient (Wildman–Crippen LogP) is 3.79. The third-order valence-electron chi connectivity index (χ3n) is 2.91. The Bertz CT molecular complexity index is 663. The molecule has 3 nitrogen and oxygen atoms in total. The molecule has 0 radical (unpaired) electrons. The summed E-state index contributed by atoms with van der Waals surface area (Å²) in [4.78, 5) is 11.9. The van der Waals surface area contributed by atoms with Crippen LogP contribution in [0.5, 0.6) is 5.75 Å². The lowest BCUT2D eigenvalue weighted by atomic mass is 10.2. The number of nitrogens with one attached hydrogen (secondary N) is 1. The summed E-state index contributed by atoms with van der Waals surface area (Å²) >= 11 is 0. The molecule has 108 valence electrons. The summed E-state index contributed by atoms with van der Waals surface area (Å²) in [6.45, 7) is 1.93. The van der Waals surface area contributed by atoms with Crippen LogP contribution < -0.4 is 10.1 Å². The molecule has 0 aliphatic carbocycles. The molecule has 21 heavy (non-hydrogen) atoms. The fraction of sp³-hybridized carbons (Fsp3) is 0.118. The number of ether oxygens (including phenoxy) is 1. The highest BCUT2D eigenvalue weighted by molar-refractivity contribution is 6.02. The maximum atomic E-state index is 12.8. The van der Waals surface area contributed by atoms with Crippen LogP contribution in [0.4, 0.5) is 10.1 Å². The molecule has 1 amide bonds. The SMILES string of the molecule is COc1ccc(C)cc1NC(=O)/C=C/c1ccc(F)cc1. The number of hydrogen-bond donors (Lipinski definition) is 1. The van der Waals surface area contributed by atoms with E-state index in [1.165, 1.54) is 18.2 Å². The molecule has 2 rings (SSSR count). The smallest absolute Gasteiger partial charge is 0.248 e. The first-order valence-electron chi connectivity index (χ1n) is 6.48. The number of carbonyl (C=O) groups is 1. The molecule has 0 aromatic heterocycles. The zero-order chi connectivity index (χ0) is 15.2. The summed E-state index contributed by atoms with van der Waals surface area (Å²) in [5.41, 5.74) is 2.39. The fourth-order valence-corrected chi connectivity index (χ4v) is 1.84. The van der Waals surface area contributed by atoms with Crippen LogP contribution in [0.1, 0.15) is 11.1 Å². The van der Waals surface area contributed by atoms with E-state index in [0.717, 1.165) is 11.1 Å². The first-order chi connectivity index (χ1) is 10.1. The third kappa shape index (κ3) is 4.18. The van der Waals surface area contributed by atoms with Crippen LogP contribution in [0.25, 0.3) is 6.08 Å². The summed E-state index contributed by atoms with van der Waals surface area (Å²) in [5, 5.41) is 2.76. The van der Waals surface area contributed by atoms with Gasteiger partial charge in [0.15, 0.2) is 0 Å². The van der Waals surface area contributed by atoms with Crippen molar-refractivity contribution in [2.45, 2.75) is 6.92 Å². The van der Waals surface area contributed by atoms with Gasteiger partial charge in [0.1, 0.15) is 11.6 Å². The molecule has 0 fully saturated rings. The van der Waals surface area contributed by atoms with Crippen molar-refractivity contribution in [3.05, 3.63) is 65.5 Å². The monoisotopic (exact) mass is 285 g/mol. The van der Waals surface area contributed by atoms with Crippen LogP contribution in [0.2, 0.25) is 0 Å². The lowest BCUT2D eigenvalue weighted by molar-refractivity contribution is -0.111. The highest BCUT2D eigenvalue weighted by Crippen LogP contribution is 2.25. The van der Waals surface area contributed by atoms with Gasteiger partial charge in [-0.2, -0.15) is 0 Å². The van der Waals surface area contributed by atoms with Crippen molar-refractivity contribution >= 4 is 17.7 Å². The number of aryl methyl sites for hydroxylation is 1. The van der Waals surface area contributed by atoms with Gasteiger partial charge in [0, 0.05) is 6.08 Å². The summed E-state index contributed by atoms with van der Waals surface area (Å²) in [6, 6.07) is 11.4. The first kappa shape index (κ1) is 14.8. The number of hydrogen-bond acceptors (Lipinski definition) is 2. The molecule has 2 aromatic rings. The van der Waals surface area contributed by atoms with E-state index in [9.17, 15) is 9.18 Å². The molecular formula is C17H16FNO2. The van der Waals surface area contributed by atoms with Crippen LogP contribution >= 0.6 is 0 Å². The van der Waals surface area contributed by atoms with E-state index in [2.05, 4.69) is 5.32 Å². The number of rotatable bonds is 4. The van der Waals surface area contributed by atoms with Crippen molar-refractivity contribution in [3.63, 3.8) is 0 Å². The molecule has 0 spiro atoms. The van der Waals surface area contributed by atoms with Crippen LogP contribution in [-0.2, 0) is 4.79 Å². The number of halogens is 1. The Morgan fingerprint density at radius 1 is 1.19 bits per heavy atom. The standard InChI is InChI=1S/C17H16FNO2/c1-12-3-9-16(21-2)15(11-12)19-17(20)10-6-13-4-7-14(18)8-5-13/h3-11H,1-2H3,(H,19,20)/b10-6+. The fourth-order valence-electron chi connectivity index (χ4n) is 1.84. The van der Waals surface area contributed by atoms with Gasteiger partial charge in [-0.25, -0.2) is 4.39 Å². The summed E-state index contributed by atoms with van der Waals surface area (Å²) in [7, 11) is 1.55. The van der Waals surface area contributed by atoms with Gasteiger partial charge in [0.05, 0.1) is 12.8 Å². The molecule has 2 aromatic carbocycles. The highest BCUT2D eigenvalue weighted by Gasteiger charge is 2.05. The van der Waals surface area contributed by atoms with Crippen LogP contribution in [0.15, 0.2) is 48.5 Å². The quantitative estimate of drug-likeness (QED) is 0.868. The second-order valence-corrected chi connectivity index (χ2v) is 4.58. The topological polar surface area (TPSA) is 38.3 Å². The van der Waals surface area contributed by atoms with Crippen molar-refractivity contribution < 1.29 is 13.9 Å². The lowest BCUT2D eigenvalue weighted by Gasteiger charge is -2.09. The van der Waals surface area contributed by atoms with Gasteiger partial charge in [0.2, 0.25) is 5.91 Å². The molecular weight excluding hydrogens is 269 g/mol. The average molecular weight is 285 g/mol. The maximum absolute atomic E-state index is 12.8. The van der Waals surface area contributed by atoms with Gasteiger partial charge >= 0.3 is 0 Å². The molecule has 0 aliphatic rings. The molecule has 0 bridgehead atoms. The number of methoxy groups -OCH3 is 1. The van der Waals surface area contributed by atoms with Gasteiger partial charge in [-0.05, 0) is 48.4 Å². The Morgan fingerprint density at radius 2 is 1.90 bits per heavy atom. The number of anilines is 1. The molecule has 0 saturated heterocycles. The number of benzene rings is 2. The molecule has 0 heterocycles. The molecule has 4 heteroatoms. The summed E-state index contributed by atoms with van der Waals surface area (Å²) < 4.78 is 18.0. The van der Waals surface area contributed by atoms with E-state index in [0.29, 0.717) is 11.4 Å². The van der Waals surface area contributed by atoms with E-state index in [1.54, 1.807) is 31.4 Å². The maximum Gasteiger partial charge on any atom is 0.248 e. The minimum atomic E-state index is -0.305. The van der Waals surface area contributed by atoms with Gasteiger partial charge in [0.25, 0.3) is 0 Å². The number of amides is 1. The second-order valence-electron chi connectivity index (χ2n) is 4.58. The average Bonchev–Trinajstić information content (AvgIpc) is 2.47. The molecule has 1 N–H and O–H groups in total. The third-order valence-corrected chi connectivity index (χ3v) is 2.91. The Hall–Kier alpha value is -2.62. The summed E-state index contributed by atoms with van der Waals surface area (Å²) in [5.74, 6) is 0.0217. The van der Waals surface area contributed by atoms with Gasteiger partial charge in [-0.1, -0.05) is 18.2 Å². The summed E-state index contributed by atoms with van der Waals surface area (Å²) in [6.07, 6.45) is 3.02. The zero-order valence-corrected chi connectivity index (χ0v) is 11.9. The minimum Gasteiger partial charge on any atom is -0.495 e. The van der Waals surface area contributed by atoms with E-state index in [1.807, 2.05) is 19.1 Å². The van der Waals surface area contributed by atoms with Crippen LogP contribution in [0.3, 0.4) is 0 Å². The Kier molecular flexibility index (Phi) is 4.72. The van der Waals surface area contributed by atoms with E-state index >= 15 is 0 Å². The van der Waals surface area contributed by atoms with Crippen molar-refractivity contribution in [3.8, 4) is 5.75 Å².